The summed E-state index contributed by atoms with van der Waals surface area (Å²) in [5.74, 6) is 0. The number of aryl methyl sites for hydroxylation is 1. The van der Waals surface area contributed by atoms with Gasteiger partial charge in [0.15, 0.2) is 6.54 Å². The van der Waals surface area contributed by atoms with Crippen molar-refractivity contribution in [3.8, 4) is 0 Å². The lowest BCUT2D eigenvalue weighted by atomic mass is 10.2. The number of anilines is 1. The molecule has 2 N–H and O–H groups in total. The van der Waals surface area contributed by atoms with E-state index >= 15 is 0 Å². The minimum atomic E-state index is 0.791. The van der Waals surface area contributed by atoms with Crippen LogP contribution in [0, 0.1) is 0 Å². The Labute approximate surface area is 203 Å². The summed E-state index contributed by atoms with van der Waals surface area (Å²) in [7, 11) is 0. The maximum Gasteiger partial charge on any atom is 0.265 e. The molecular formula is C23H26Br2N3S2+. The number of hydrogen-bond donors (Lipinski definition) is 1. The van der Waals surface area contributed by atoms with Crippen molar-refractivity contribution >= 4 is 76.9 Å². The van der Waals surface area contributed by atoms with Gasteiger partial charge in [0, 0.05) is 32.9 Å². The van der Waals surface area contributed by atoms with Crippen LogP contribution >= 0.6 is 55.0 Å². The average Bonchev–Trinajstić information content (AvgIpc) is 3.24. The minimum absolute atomic E-state index is 0.791. The zero-order valence-electron chi connectivity index (χ0n) is 17.0. The van der Waals surface area contributed by atoms with Crippen molar-refractivity contribution in [1.29, 1.82) is 0 Å². The molecule has 0 saturated carbocycles. The van der Waals surface area contributed by atoms with Crippen LogP contribution in [-0.4, -0.2) is 13.1 Å². The summed E-state index contributed by atoms with van der Waals surface area (Å²) in [5, 5.41) is 2.61. The fraction of sp³-hybridized carbons (Fsp3) is 0.348. The van der Waals surface area contributed by atoms with Crippen LogP contribution < -0.4 is 15.2 Å². The molecule has 4 rings (SSSR count). The molecule has 0 bridgehead atoms. The lowest BCUT2D eigenvalue weighted by Crippen LogP contribution is -2.35. The Hall–Kier alpha value is -0.860. The highest BCUT2D eigenvalue weighted by atomic mass is 79.9. The van der Waals surface area contributed by atoms with E-state index in [1.165, 1.54) is 50.1 Å². The van der Waals surface area contributed by atoms with E-state index in [0.29, 0.717) is 0 Å². The monoisotopic (exact) mass is 566 g/mol. The van der Waals surface area contributed by atoms with Crippen molar-refractivity contribution in [3.05, 3.63) is 55.4 Å². The van der Waals surface area contributed by atoms with Crippen LogP contribution in [0.3, 0.4) is 0 Å². The van der Waals surface area contributed by atoms with Crippen molar-refractivity contribution in [1.82, 2.24) is 0 Å². The summed E-state index contributed by atoms with van der Waals surface area (Å²) in [4.78, 5) is 3.74. The smallest absolute Gasteiger partial charge is 0.265 e. The van der Waals surface area contributed by atoms with E-state index in [4.69, 9.17) is 5.73 Å². The van der Waals surface area contributed by atoms with Gasteiger partial charge in [-0.25, -0.2) is 0 Å². The quantitative estimate of drug-likeness (QED) is 0.231. The fourth-order valence-corrected chi connectivity index (χ4v) is 6.81. The Morgan fingerprint density at radius 3 is 2.60 bits per heavy atom. The maximum absolute atomic E-state index is 5.66. The number of fused-ring (bicyclic) bond motifs is 2. The molecule has 1 aliphatic rings. The third-order valence-electron chi connectivity index (χ3n) is 5.28. The molecule has 3 nitrogen and oxygen atoms in total. The highest BCUT2D eigenvalue weighted by molar-refractivity contribution is 9.10. The van der Waals surface area contributed by atoms with Gasteiger partial charge in [-0.3, -0.25) is 0 Å². The van der Waals surface area contributed by atoms with E-state index in [1.807, 2.05) is 23.1 Å². The lowest BCUT2D eigenvalue weighted by molar-refractivity contribution is -0.669. The molecule has 30 heavy (non-hydrogen) atoms. The molecule has 0 aliphatic carbocycles. The number of unbranched alkanes of at least 4 members (excludes halogenated alkanes) is 3. The van der Waals surface area contributed by atoms with Crippen LogP contribution in [0.4, 0.5) is 5.69 Å². The fourth-order valence-electron chi connectivity index (χ4n) is 3.79. The van der Waals surface area contributed by atoms with Gasteiger partial charge in [-0.2, -0.15) is 4.57 Å². The van der Waals surface area contributed by atoms with Crippen LogP contribution in [0.15, 0.2) is 55.3 Å². The van der Waals surface area contributed by atoms with Crippen molar-refractivity contribution in [2.24, 2.45) is 5.73 Å². The molecule has 0 spiro atoms. The summed E-state index contributed by atoms with van der Waals surface area (Å²) in [6.45, 7) is 5.00. The maximum atomic E-state index is 5.66. The summed E-state index contributed by atoms with van der Waals surface area (Å²) in [6, 6.07) is 13.2. The number of benzene rings is 2. The number of halogens is 2. The van der Waals surface area contributed by atoms with Crippen molar-refractivity contribution < 1.29 is 4.57 Å². The van der Waals surface area contributed by atoms with Gasteiger partial charge in [0.05, 0.1) is 16.8 Å². The number of thiazole rings is 1. The molecule has 158 valence electrons. The van der Waals surface area contributed by atoms with Crippen molar-refractivity contribution in [2.45, 2.75) is 44.0 Å². The zero-order chi connectivity index (χ0) is 21.1. The Morgan fingerprint density at radius 1 is 1.03 bits per heavy atom. The molecule has 3 aromatic rings. The Bertz CT molecular complexity index is 1080. The van der Waals surface area contributed by atoms with Gasteiger partial charge in [0.2, 0.25) is 5.52 Å². The number of thioether (sulfide) groups is 1. The van der Waals surface area contributed by atoms with E-state index in [1.54, 1.807) is 0 Å². The highest BCUT2D eigenvalue weighted by Crippen LogP contribution is 2.47. The number of aromatic nitrogens is 1. The van der Waals surface area contributed by atoms with Gasteiger partial charge >= 0.3 is 0 Å². The number of hydrogen-bond acceptors (Lipinski definition) is 4. The zero-order valence-corrected chi connectivity index (χ0v) is 21.8. The Balaban J connectivity index is 1.68. The molecule has 1 aromatic heterocycles. The first-order chi connectivity index (χ1) is 14.6. The van der Waals surface area contributed by atoms with Crippen LogP contribution in [0.5, 0.6) is 0 Å². The van der Waals surface area contributed by atoms with Gasteiger partial charge < -0.3 is 10.6 Å². The average molecular weight is 568 g/mol. The molecule has 2 heterocycles. The number of nitrogens with zero attached hydrogens (tertiary/aromatic N) is 2. The second-order valence-corrected chi connectivity index (χ2v) is 11.3. The molecule has 2 aromatic carbocycles. The second-order valence-electron chi connectivity index (χ2n) is 7.35. The van der Waals surface area contributed by atoms with Crippen LogP contribution in [0.2, 0.25) is 0 Å². The second kappa shape index (κ2) is 10.2. The third kappa shape index (κ3) is 4.80. The van der Waals surface area contributed by atoms with E-state index in [-0.39, 0.29) is 0 Å². The molecular weight excluding hydrogens is 542 g/mol. The molecule has 0 fully saturated rings. The van der Waals surface area contributed by atoms with E-state index in [2.05, 4.69) is 90.7 Å². The van der Waals surface area contributed by atoms with Crippen molar-refractivity contribution in [3.63, 3.8) is 0 Å². The topological polar surface area (TPSA) is 33.1 Å². The molecule has 0 radical (unpaired) electrons. The van der Waals surface area contributed by atoms with Gasteiger partial charge in [-0.05, 0) is 56.6 Å². The predicted octanol–water partition coefficient (Wildman–Crippen LogP) is 7.16. The van der Waals surface area contributed by atoms with Crippen LogP contribution in [0.1, 0.15) is 37.6 Å². The minimum Gasteiger partial charge on any atom is -0.335 e. The predicted molar refractivity (Wildman–Crippen MR) is 138 cm³/mol. The largest absolute Gasteiger partial charge is 0.335 e. The first kappa shape index (κ1) is 22.3. The Kier molecular flexibility index (Phi) is 7.57. The molecule has 1 aliphatic heterocycles. The standard InChI is InChI=1S/C23H26Br2N3S2/c1-2-27-18-13-16(24)7-9-20(18)29-22(27)15-23-28(12-6-4-3-5-11-26)19-14-17(25)8-10-21(19)30-23/h7-10,13-15H,2-6,11-12,26H2,1H3/q+1. The summed E-state index contributed by atoms with van der Waals surface area (Å²) < 4.78 is 6.08. The molecule has 7 heteroatoms. The first-order valence-corrected chi connectivity index (χ1v) is 13.6. The van der Waals surface area contributed by atoms with Gasteiger partial charge in [0.1, 0.15) is 4.70 Å². The van der Waals surface area contributed by atoms with Crippen molar-refractivity contribution in [2.75, 3.05) is 18.0 Å². The van der Waals surface area contributed by atoms with E-state index in [0.717, 1.165) is 35.0 Å². The number of rotatable bonds is 8. The van der Waals surface area contributed by atoms with E-state index < -0.39 is 0 Å². The van der Waals surface area contributed by atoms with Gasteiger partial charge in [0.25, 0.3) is 5.01 Å². The van der Waals surface area contributed by atoms with E-state index in [9.17, 15) is 0 Å². The summed E-state index contributed by atoms with van der Waals surface area (Å²) in [5.41, 5.74) is 8.26. The highest BCUT2D eigenvalue weighted by Gasteiger charge is 2.27. The van der Waals surface area contributed by atoms with Gasteiger partial charge in [-0.15, -0.1) is 0 Å². The first-order valence-electron chi connectivity index (χ1n) is 10.4. The molecule has 0 amide bonds. The molecule has 0 atom stereocenters. The third-order valence-corrected chi connectivity index (χ3v) is 8.50. The summed E-state index contributed by atoms with van der Waals surface area (Å²) >= 11 is 11.0. The molecule has 0 saturated heterocycles. The van der Waals surface area contributed by atoms with Gasteiger partial charge in [-0.1, -0.05) is 61.4 Å². The lowest BCUT2D eigenvalue weighted by Gasteiger charge is -2.17. The summed E-state index contributed by atoms with van der Waals surface area (Å²) in [6.07, 6.45) is 7.11. The Morgan fingerprint density at radius 2 is 1.80 bits per heavy atom. The SMILES string of the molecule is CCN1C(=Cc2sc3ccc(Br)cc3[n+]2CCCCCCN)Sc2ccc(Br)cc21. The normalized spacial score (nSPS) is 14.8. The molecule has 0 unspecified atom stereocenters. The van der Waals surface area contributed by atoms with Crippen LogP contribution in [-0.2, 0) is 6.54 Å². The number of nitrogens with two attached hydrogens (primary N) is 1. The van der Waals surface area contributed by atoms with Crippen LogP contribution in [0.25, 0.3) is 16.3 Å².